The molecular formula is C6H9N3O. The maximum absolute atomic E-state index is 10.1. The first-order valence-electron chi connectivity index (χ1n) is 3.04. The molecule has 1 atom stereocenters. The summed E-state index contributed by atoms with van der Waals surface area (Å²) in [5.41, 5.74) is 0. The van der Waals surface area contributed by atoms with Crippen molar-refractivity contribution in [2.75, 3.05) is 5.32 Å². The van der Waals surface area contributed by atoms with E-state index in [0.29, 0.717) is 0 Å². The summed E-state index contributed by atoms with van der Waals surface area (Å²) in [5.74, 6) is 0.764. The van der Waals surface area contributed by atoms with Gasteiger partial charge in [0.25, 0.3) is 0 Å². The molecule has 4 nitrogen and oxygen atoms in total. The summed E-state index contributed by atoms with van der Waals surface area (Å²) in [6, 6.07) is 1.60. The van der Waals surface area contributed by atoms with Gasteiger partial charge in [0.05, 0.1) is 12.2 Å². The van der Waals surface area contributed by atoms with Crippen molar-refractivity contribution in [3.05, 3.63) is 12.3 Å². The molecule has 1 aromatic rings. The summed E-state index contributed by atoms with van der Waals surface area (Å²) in [6.07, 6.45) is 2.46. The predicted molar refractivity (Wildman–Crippen MR) is 37.7 cm³/mol. The van der Waals surface area contributed by atoms with E-state index >= 15 is 0 Å². The van der Waals surface area contributed by atoms with Crippen molar-refractivity contribution in [1.82, 2.24) is 10.2 Å². The number of H-pyrrole nitrogens is 1. The van der Waals surface area contributed by atoms with Crippen molar-refractivity contribution in [3.63, 3.8) is 0 Å². The molecule has 54 valence electrons. The number of aldehydes is 1. The van der Waals surface area contributed by atoms with Crippen LogP contribution in [-0.4, -0.2) is 22.5 Å². The van der Waals surface area contributed by atoms with E-state index in [4.69, 9.17) is 0 Å². The second-order valence-electron chi connectivity index (χ2n) is 2.04. The largest absolute Gasteiger partial charge is 0.361 e. The molecule has 0 radical (unpaired) electrons. The van der Waals surface area contributed by atoms with Crippen LogP contribution >= 0.6 is 0 Å². The summed E-state index contributed by atoms with van der Waals surface area (Å²) in [4.78, 5) is 10.1. The number of carbonyl (C=O) groups excluding carboxylic acids is 1. The highest BCUT2D eigenvalue weighted by Crippen LogP contribution is 1.99. The molecule has 0 aliphatic carbocycles. The van der Waals surface area contributed by atoms with Crippen LogP contribution in [0.4, 0.5) is 5.82 Å². The molecule has 0 unspecified atom stereocenters. The van der Waals surface area contributed by atoms with Crippen molar-refractivity contribution < 1.29 is 4.79 Å². The van der Waals surface area contributed by atoms with Crippen LogP contribution in [0.15, 0.2) is 12.3 Å². The highest BCUT2D eigenvalue weighted by Gasteiger charge is 1.97. The number of anilines is 1. The molecule has 2 N–H and O–H groups in total. The van der Waals surface area contributed by atoms with Crippen LogP contribution in [0.25, 0.3) is 0 Å². The maximum Gasteiger partial charge on any atom is 0.141 e. The van der Waals surface area contributed by atoms with Gasteiger partial charge in [0, 0.05) is 0 Å². The Morgan fingerprint density at radius 2 is 2.70 bits per heavy atom. The molecule has 0 amide bonds. The molecule has 4 heteroatoms. The van der Waals surface area contributed by atoms with Crippen LogP contribution < -0.4 is 5.32 Å². The first-order valence-corrected chi connectivity index (χ1v) is 3.04. The van der Waals surface area contributed by atoms with Crippen LogP contribution in [0.2, 0.25) is 0 Å². The van der Waals surface area contributed by atoms with Crippen molar-refractivity contribution in [1.29, 1.82) is 0 Å². The fraction of sp³-hybridized carbons (Fsp3) is 0.333. The third-order valence-corrected chi connectivity index (χ3v) is 1.09. The van der Waals surface area contributed by atoms with E-state index in [9.17, 15) is 4.79 Å². The monoisotopic (exact) mass is 139 g/mol. The molecular weight excluding hydrogens is 130 g/mol. The maximum atomic E-state index is 10.1. The lowest BCUT2D eigenvalue weighted by Crippen LogP contribution is -2.16. The Morgan fingerprint density at radius 3 is 3.20 bits per heavy atom. The molecule has 0 saturated carbocycles. The van der Waals surface area contributed by atoms with Crippen LogP contribution in [0, 0.1) is 0 Å². The number of carbonyl (C=O) groups is 1. The minimum Gasteiger partial charge on any atom is -0.361 e. The molecule has 0 spiro atoms. The molecule has 1 rings (SSSR count). The summed E-state index contributed by atoms with van der Waals surface area (Å²) >= 11 is 0. The fourth-order valence-electron chi connectivity index (χ4n) is 0.616. The molecule has 10 heavy (non-hydrogen) atoms. The van der Waals surface area contributed by atoms with Crippen molar-refractivity contribution in [3.8, 4) is 0 Å². The minimum atomic E-state index is -0.166. The van der Waals surface area contributed by atoms with Gasteiger partial charge in [-0.1, -0.05) is 0 Å². The molecule has 0 fully saturated rings. The van der Waals surface area contributed by atoms with Gasteiger partial charge in [0.15, 0.2) is 0 Å². The second-order valence-corrected chi connectivity index (χ2v) is 2.04. The predicted octanol–water partition coefficient (Wildman–Crippen LogP) is 0.409. The van der Waals surface area contributed by atoms with Gasteiger partial charge in [0.1, 0.15) is 12.1 Å². The highest BCUT2D eigenvalue weighted by molar-refractivity contribution is 5.62. The second kappa shape index (κ2) is 3.00. The topological polar surface area (TPSA) is 57.8 Å². The fourth-order valence-corrected chi connectivity index (χ4v) is 0.616. The number of rotatable bonds is 3. The number of aromatic nitrogens is 2. The quantitative estimate of drug-likeness (QED) is 0.596. The van der Waals surface area contributed by atoms with E-state index in [2.05, 4.69) is 15.5 Å². The third-order valence-electron chi connectivity index (χ3n) is 1.09. The number of hydrogen-bond donors (Lipinski definition) is 2. The van der Waals surface area contributed by atoms with Crippen LogP contribution in [0.1, 0.15) is 6.92 Å². The molecule has 0 saturated heterocycles. The number of hydrogen-bond acceptors (Lipinski definition) is 3. The smallest absolute Gasteiger partial charge is 0.141 e. The summed E-state index contributed by atoms with van der Waals surface area (Å²) < 4.78 is 0. The Kier molecular flexibility index (Phi) is 2.04. The number of nitrogens with zero attached hydrogens (tertiary/aromatic N) is 1. The average molecular weight is 139 g/mol. The summed E-state index contributed by atoms with van der Waals surface area (Å²) in [7, 11) is 0. The van der Waals surface area contributed by atoms with Gasteiger partial charge in [0.2, 0.25) is 0 Å². The van der Waals surface area contributed by atoms with E-state index in [-0.39, 0.29) is 6.04 Å². The molecule has 1 aromatic heterocycles. The van der Waals surface area contributed by atoms with E-state index < -0.39 is 0 Å². The first-order chi connectivity index (χ1) is 4.83. The Balaban J connectivity index is 2.47. The molecule has 1 heterocycles. The lowest BCUT2D eigenvalue weighted by Gasteiger charge is -2.03. The standard InChI is InChI=1S/C6H9N3O/c1-5(4-10)8-6-2-3-7-9-6/h2-5H,1H3,(H2,7,8,9)/t5-/m0/s1. The van der Waals surface area contributed by atoms with Gasteiger partial charge in [-0.15, -0.1) is 0 Å². The van der Waals surface area contributed by atoms with Gasteiger partial charge in [-0.2, -0.15) is 5.10 Å². The molecule has 0 aliphatic rings. The lowest BCUT2D eigenvalue weighted by molar-refractivity contribution is -0.108. The third kappa shape index (κ3) is 1.58. The average Bonchev–Trinajstić information content (AvgIpc) is 2.40. The highest BCUT2D eigenvalue weighted by atomic mass is 16.1. The summed E-state index contributed by atoms with van der Waals surface area (Å²) in [5, 5.41) is 9.27. The Hall–Kier alpha value is -1.32. The first kappa shape index (κ1) is 6.80. The van der Waals surface area contributed by atoms with Gasteiger partial charge < -0.3 is 10.1 Å². The van der Waals surface area contributed by atoms with Crippen molar-refractivity contribution in [2.45, 2.75) is 13.0 Å². The van der Waals surface area contributed by atoms with Gasteiger partial charge in [-0.05, 0) is 13.0 Å². The van der Waals surface area contributed by atoms with E-state index in [1.54, 1.807) is 19.2 Å². The zero-order chi connectivity index (χ0) is 7.40. The Bertz CT molecular complexity index is 195. The van der Waals surface area contributed by atoms with E-state index in [0.717, 1.165) is 12.1 Å². The lowest BCUT2D eigenvalue weighted by atomic mass is 10.4. The number of aromatic amines is 1. The Labute approximate surface area is 58.6 Å². The summed E-state index contributed by atoms with van der Waals surface area (Å²) in [6.45, 7) is 1.77. The Morgan fingerprint density at radius 1 is 1.90 bits per heavy atom. The zero-order valence-electron chi connectivity index (χ0n) is 5.66. The van der Waals surface area contributed by atoms with Crippen LogP contribution in [0.5, 0.6) is 0 Å². The minimum absolute atomic E-state index is 0.166. The van der Waals surface area contributed by atoms with Crippen molar-refractivity contribution in [2.24, 2.45) is 0 Å². The van der Waals surface area contributed by atoms with Crippen LogP contribution in [0.3, 0.4) is 0 Å². The van der Waals surface area contributed by atoms with Gasteiger partial charge in [-0.3, -0.25) is 5.10 Å². The van der Waals surface area contributed by atoms with Crippen LogP contribution in [-0.2, 0) is 4.79 Å². The van der Waals surface area contributed by atoms with E-state index in [1.807, 2.05) is 0 Å². The van der Waals surface area contributed by atoms with Gasteiger partial charge in [-0.25, -0.2) is 0 Å². The zero-order valence-corrected chi connectivity index (χ0v) is 5.66. The SMILES string of the molecule is C[C@@H](C=O)Nc1ccn[nH]1. The van der Waals surface area contributed by atoms with E-state index in [1.165, 1.54) is 0 Å². The number of nitrogens with one attached hydrogen (secondary N) is 2. The molecule has 0 aliphatic heterocycles. The van der Waals surface area contributed by atoms with Crippen molar-refractivity contribution >= 4 is 12.1 Å². The molecule has 0 aromatic carbocycles. The molecule has 0 bridgehead atoms. The van der Waals surface area contributed by atoms with Gasteiger partial charge >= 0.3 is 0 Å². The normalized spacial score (nSPS) is 12.5.